The number of hydrogen-bond donors (Lipinski definition) is 1. The highest BCUT2D eigenvalue weighted by atomic mass is 16.2. The number of nitrogens with zero attached hydrogens (tertiary/aromatic N) is 4. The number of carbonyl (C=O) groups is 1. The van der Waals surface area contributed by atoms with Crippen LogP contribution in [-0.2, 0) is 0 Å². The van der Waals surface area contributed by atoms with Crippen LogP contribution in [0.2, 0.25) is 0 Å². The van der Waals surface area contributed by atoms with E-state index >= 15 is 0 Å². The van der Waals surface area contributed by atoms with Crippen molar-refractivity contribution in [1.82, 2.24) is 19.8 Å². The molecule has 0 radical (unpaired) electrons. The molecule has 1 atom stereocenters. The Morgan fingerprint density at radius 1 is 1.19 bits per heavy atom. The monoisotopic (exact) mass is 365 g/mol. The van der Waals surface area contributed by atoms with Gasteiger partial charge in [-0.25, -0.2) is 9.97 Å². The Balaban J connectivity index is 1.46. The molecule has 2 aliphatic heterocycles. The number of anilines is 1. The van der Waals surface area contributed by atoms with Gasteiger partial charge in [0.15, 0.2) is 0 Å². The van der Waals surface area contributed by atoms with Gasteiger partial charge in [0, 0.05) is 42.0 Å². The van der Waals surface area contributed by atoms with Crippen molar-refractivity contribution in [2.45, 2.75) is 45.2 Å². The van der Waals surface area contributed by atoms with Crippen molar-refractivity contribution in [2.75, 3.05) is 25.4 Å². The predicted octanol–water partition coefficient (Wildman–Crippen LogP) is 2.73. The minimum atomic E-state index is 0.0940. The number of aryl methyl sites for hydroxylation is 1. The molecule has 2 saturated heterocycles. The molecule has 2 N–H and O–H groups in total. The number of aromatic nitrogens is 2. The third-order valence-electron chi connectivity index (χ3n) is 5.75. The van der Waals surface area contributed by atoms with Gasteiger partial charge in [0.1, 0.15) is 0 Å². The summed E-state index contributed by atoms with van der Waals surface area (Å²) in [5.74, 6) is 0.347. The summed E-state index contributed by atoms with van der Waals surface area (Å²) in [6, 6.07) is 10.7. The molecule has 3 heterocycles. The first-order valence-corrected chi connectivity index (χ1v) is 9.78. The standard InChI is InChI=1S/C21H27N5O/c1-14-10-19(24-21(22)23-14)16-7-5-8-17(11-16)20(27)25-12-18(13-25)26-9-4-3-6-15(26)2/h5,7-8,10-11,15,18H,3-4,6,9,12-13H2,1-2H3,(H2,22,23,24)/t15-/m1/s1. The summed E-state index contributed by atoms with van der Waals surface area (Å²) in [7, 11) is 0. The average Bonchev–Trinajstić information content (AvgIpc) is 2.61. The second-order valence-corrected chi connectivity index (χ2v) is 7.78. The fourth-order valence-electron chi connectivity index (χ4n) is 4.23. The molecule has 142 valence electrons. The van der Waals surface area contributed by atoms with E-state index in [0.29, 0.717) is 17.6 Å². The molecule has 1 aromatic carbocycles. The van der Waals surface area contributed by atoms with Crippen LogP contribution in [-0.4, -0.2) is 57.4 Å². The van der Waals surface area contributed by atoms with Gasteiger partial charge in [-0.2, -0.15) is 0 Å². The number of carbonyl (C=O) groups excluding carboxylic acids is 1. The van der Waals surface area contributed by atoms with Gasteiger partial charge in [0.2, 0.25) is 5.95 Å². The minimum Gasteiger partial charge on any atom is -0.368 e. The van der Waals surface area contributed by atoms with Crippen LogP contribution in [0.3, 0.4) is 0 Å². The average molecular weight is 365 g/mol. The molecular formula is C21H27N5O. The smallest absolute Gasteiger partial charge is 0.253 e. The number of benzene rings is 1. The Kier molecular flexibility index (Phi) is 4.83. The second kappa shape index (κ2) is 7.27. The van der Waals surface area contributed by atoms with E-state index in [1.807, 2.05) is 42.2 Å². The van der Waals surface area contributed by atoms with Crippen LogP contribution in [0.4, 0.5) is 5.95 Å². The first kappa shape index (κ1) is 17.9. The van der Waals surface area contributed by atoms with Gasteiger partial charge >= 0.3 is 0 Å². The maximum absolute atomic E-state index is 12.9. The number of amides is 1. The van der Waals surface area contributed by atoms with E-state index in [0.717, 1.165) is 36.6 Å². The van der Waals surface area contributed by atoms with E-state index in [2.05, 4.69) is 21.8 Å². The van der Waals surface area contributed by atoms with Crippen LogP contribution in [0.1, 0.15) is 42.2 Å². The normalized spacial score (nSPS) is 21.1. The highest BCUT2D eigenvalue weighted by Gasteiger charge is 2.37. The SMILES string of the molecule is Cc1cc(-c2cccc(C(=O)N3CC(N4CCCC[C@H]4C)C3)c2)nc(N)n1. The van der Waals surface area contributed by atoms with Crippen LogP contribution >= 0.6 is 0 Å². The van der Waals surface area contributed by atoms with Gasteiger partial charge in [-0.1, -0.05) is 18.6 Å². The zero-order valence-electron chi connectivity index (χ0n) is 16.1. The van der Waals surface area contributed by atoms with Gasteiger partial charge in [0.05, 0.1) is 5.69 Å². The highest BCUT2D eigenvalue weighted by Crippen LogP contribution is 2.26. The number of piperidine rings is 1. The number of likely N-dealkylation sites (tertiary alicyclic amines) is 2. The predicted molar refractivity (Wildman–Crippen MR) is 106 cm³/mol. The molecule has 4 rings (SSSR count). The summed E-state index contributed by atoms with van der Waals surface area (Å²) in [6.07, 6.45) is 3.87. The lowest BCUT2D eigenvalue weighted by Crippen LogP contribution is -2.63. The zero-order chi connectivity index (χ0) is 19.0. The molecule has 6 heteroatoms. The molecule has 0 bridgehead atoms. The van der Waals surface area contributed by atoms with Gasteiger partial charge in [-0.15, -0.1) is 0 Å². The van der Waals surface area contributed by atoms with Crippen molar-refractivity contribution < 1.29 is 4.79 Å². The van der Waals surface area contributed by atoms with E-state index < -0.39 is 0 Å². The Labute approximate surface area is 160 Å². The lowest BCUT2D eigenvalue weighted by atomic mass is 9.96. The molecule has 2 aliphatic rings. The van der Waals surface area contributed by atoms with Crippen LogP contribution in [0.5, 0.6) is 0 Å². The number of nitrogens with two attached hydrogens (primary N) is 1. The van der Waals surface area contributed by atoms with Gasteiger partial charge in [-0.3, -0.25) is 9.69 Å². The molecule has 1 amide bonds. The Hall–Kier alpha value is -2.47. The quantitative estimate of drug-likeness (QED) is 0.905. The van der Waals surface area contributed by atoms with Crippen molar-refractivity contribution in [3.05, 3.63) is 41.6 Å². The number of nitrogen functional groups attached to an aromatic ring is 1. The third kappa shape index (κ3) is 3.67. The van der Waals surface area contributed by atoms with E-state index in [4.69, 9.17) is 5.73 Å². The molecule has 0 aliphatic carbocycles. The molecule has 0 saturated carbocycles. The molecule has 1 aromatic heterocycles. The van der Waals surface area contributed by atoms with Crippen molar-refractivity contribution in [2.24, 2.45) is 0 Å². The van der Waals surface area contributed by atoms with Crippen molar-refractivity contribution in [1.29, 1.82) is 0 Å². The van der Waals surface area contributed by atoms with E-state index in [1.165, 1.54) is 19.3 Å². The van der Waals surface area contributed by atoms with Crippen molar-refractivity contribution >= 4 is 11.9 Å². The number of hydrogen-bond acceptors (Lipinski definition) is 5. The largest absolute Gasteiger partial charge is 0.368 e. The summed E-state index contributed by atoms with van der Waals surface area (Å²) >= 11 is 0. The molecule has 0 spiro atoms. The highest BCUT2D eigenvalue weighted by molar-refractivity contribution is 5.96. The van der Waals surface area contributed by atoms with E-state index in [9.17, 15) is 4.79 Å². The Morgan fingerprint density at radius 3 is 2.74 bits per heavy atom. The Bertz CT molecular complexity index is 826. The lowest BCUT2D eigenvalue weighted by Gasteiger charge is -2.49. The second-order valence-electron chi connectivity index (χ2n) is 7.78. The molecular weight excluding hydrogens is 338 g/mol. The lowest BCUT2D eigenvalue weighted by molar-refractivity contribution is 0.00213. The molecule has 0 unspecified atom stereocenters. The van der Waals surface area contributed by atoms with Crippen LogP contribution < -0.4 is 5.73 Å². The summed E-state index contributed by atoms with van der Waals surface area (Å²) in [5, 5.41) is 0. The first-order chi connectivity index (χ1) is 13.0. The summed E-state index contributed by atoms with van der Waals surface area (Å²) in [6.45, 7) is 7.01. The minimum absolute atomic E-state index is 0.0940. The summed E-state index contributed by atoms with van der Waals surface area (Å²) in [5.41, 5.74) is 8.92. The first-order valence-electron chi connectivity index (χ1n) is 9.78. The van der Waals surface area contributed by atoms with Crippen LogP contribution in [0.15, 0.2) is 30.3 Å². The van der Waals surface area contributed by atoms with Crippen molar-refractivity contribution in [3.8, 4) is 11.3 Å². The van der Waals surface area contributed by atoms with E-state index in [1.54, 1.807) is 0 Å². The molecule has 2 aromatic rings. The maximum Gasteiger partial charge on any atom is 0.253 e. The Morgan fingerprint density at radius 2 is 2.00 bits per heavy atom. The molecule has 27 heavy (non-hydrogen) atoms. The summed E-state index contributed by atoms with van der Waals surface area (Å²) in [4.78, 5) is 25.8. The van der Waals surface area contributed by atoms with Gasteiger partial charge in [-0.05, 0) is 51.4 Å². The van der Waals surface area contributed by atoms with Gasteiger partial charge in [0.25, 0.3) is 5.91 Å². The maximum atomic E-state index is 12.9. The zero-order valence-corrected chi connectivity index (χ0v) is 16.1. The summed E-state index contributed by atoms with van der Waals surface area (Å²) < 4.78 is 0. The topological polar surface area (TPSA) is 75.4 Å². The number of rotatable bonds is 3. The molecule has 6 nitrogen and oxygen atoms in total. The van der Waals surface area contributed by atoms with E-state index in [-0.39, 0.29) is 11.9 Å². The molecule has 2 fully saturated rings. The van der Waals surface area contributed by atoms with Gasteiger partial charge < -0.3 is 10.6 Å². The fraction of sp³-hybridized carbons (Fsp3) is 0.476. The fourth-order valence-corrected chi connectivity index (χ4v) is 4.23. The van der Waals surface area contributed by atoms with Crippen LogP contribution in [0.25, 0.3) is 11.3 Å². The van der Waals surface area contributed by atoms with Crippen molar-refractivity contribution in [3.63, 3.8) is 0 Å². The van der Waals surface area contributed by atoms with Crippen LogP contribution in [0, 0.1) is 6.92 Å². The third-order valence-corrected chi connectivity index (χ3v) is 5.75.